The van der Waals surface area contributed by atoms with E-state index >= 15 is 0 Å². The molecule has 25 heavy (non-hydrogen) atoms. The molecule has 1 aliphatic rings. The van der Waals surface area contributed by atoms with Gasteiger partial charge in [0, 0.05) is 44.1 Å². The highest BCUT2D eigenvalue weighted by molar-refractivity contribution is 5.93. The van der Waals surface area contributed by atoms with Crippen molar-refractivity contribution in [2.75, 3.05) is 13.1 Å². The van der Waals surface area contributed by atoms with Crippen LogP contribution in [0.25, 0.3) is 0 Å². The fourth-order valence-corrected chi connectivity index (χ4v) is 3.20. The van der Waals surface area contributed by atoms with E-state index in [-0.39, 0.29) is 22.9 Å². The number of amides is 1. The van der Waals surface area contributed by atoms with Crippen LogP contribution in [0.3, 0.4) is 0 Å². The molecule has 0 atom stereocenters. The van der Waals surface area contributed by atoms with Crippen LogP contribution in [0.15, 0.2) is 29.5 Å². The lowest BCUT2D eigenvalue weighted by molar-refractivity contribution is 0.0682. The van der Waals surface area contributed by atoms with Crippen molar-refractivity contribution in [1.29, 1.82) is 0 Å². The number of nitrogens with zero attached hydrogens (tertiary/aromatic N) is 4. The molecule has 0 aliphatic carbocycles. The van der Waals surface area contributed by atoms with Crippen LogP contribution in [-0.4, -0.2) is 43.6 Å². The van der Waals surface area contributed by atoms with Gasteiger partial charge in [0.15, 0.2) is 0 Å². The van der Waals surface area contributed by atoms with Gasteiger partial charge in [-0.2, -0.15) is 5.10 Å². The van der Waals surface area contributed by atoms with E-state index in [1.807, 2.05) is 30.8 Å². The number of piperidine rings is 1. The number of aryl methyl sites for hydroxylation is 1. The van der Waals surface area contributed by atoms with Crippen LogP contribution in [0.4, 0.5) is 0 Å². The fourth-order valence-electron chi connectivity index (χ4n) is 3.20. The summed E-state index contributed by atoms with van der Waals surface area (Å²) in [4.78, 5) is 33.5. The molecule has 3 rings (SSSR count). The number of rotatable bonds is 5. The third kappa shape index (κ3) is 4.15. The van der Waals surface area contributed by atoms with Gasteiger partial charge in [0.1, 0.15) is 11.4 Å². The quantitative estimate of drug-likeness (QED) is 0.900. The summed E-state index contributed by atoms with van der Waals surface area (Å²) < 4.78 is 1.94. The summed E-state index contributed by atoms with van der Waals surface area (Å²) in [5.41, 5.74) is -0.205. The summed E-state index contributed by atoms with van der Waals surface area (Å²) in [7, 11) is 0. The zero-order valence-electron chi connectivity index (χ0n) is 14.8. The minimum absolute atomic E-state index is 0.127. The normalized spacial score (nSPS) is 15.7. The van der Waals surface area contributed by atoms with Gasteiger partial charge in [-0.15, -0.1) is 0 Å². The van der Waals surface area contributed by atoms with E-state index in [2.05, 4.69) is 15.1 Å². The summed E-state index contributed by atoms with van der Waals surface area (Å²) in [6.45, 7) is 6.19. The summed E-state index contributed by atoms with van der Waals surface area (Å²) in [6, 6.07) is 1.93. The first-order chi connectivity index (χ1) is 12.0. The summed E-state index contributed by atoms with van der Waals surface area (Å²) >= 11 is 0. The lowest BCUT2D eigenvalue weighted by Gasteiger charge is -2.31. The number of aromatic amines is 1. The van der Waals surface area contributed by atoms with E-state index in [9.17, 15) is 9.59 Å². The molecule has 0 saturated carbocycles. The lowest BCUT2D eigenvalue weighted by Crippen LogP contribution is -2.41. The first kappa shape index (κ1) is 17.4. The van der Waals surface area contributed by atoms with Gasteiger partial charge in [0.25, 0.3) is 11.5 Å². The van der Waals surface area contributed by atoms with Crippen molar-refractivity contribution in [2.45, 2.75) is 45.6 Å². The highest BCUT2D eigenvalue weighted by atomic mass is 16.2. The fraction of sp³-hybridized carbons (Fsp3) is 0.556. The smallest absolute Gasteiger partial charge is 0.263 e. The monoisotopic (exact) mass is 343 g/mol. The van der Waals surface area contributed by atoms with E-state index in [0.717, 1.165) is 25.8 Å². The van der Waals surface area contributed by atoms with Gasteiger partial charge in [0.2, 0.25) is 0 Å². The van der Waals surface area contributed by atoms with Crippen molar-refractivity contribution < 1.29 is 4.79 Å². The Morgan fingerprint density at radius 3 is 2.72 bits per heavy atom. The Bertz CT molecular complexity index is 758. The summed E-state index contributed by atoms with van der Waals surface area (Å²) in [5, 5.41) is 4.22. The average molecular weight is 343 g/mol. The van der Waals surface area contributed by atoms with E-state index in [1.54, 1.807) is 11.1 Å². The SMILES string of the molecule is CC(C)c1ncc(C(=O)N2CCC(CCn3cccn3)CC2)c(=O)[nH]1. The Kier molecular flexibility index (Phi) is 5.31. The zero-order chi connectivity index (χ0) is 17.8. The molecule has 3 heterocycles. The Labute approximate surface area is 147 Å². The molecule has 2 aromatic heterocycles. The van der Waals surface area contributed by atoms with Gasteiger partial charge in [-0.25, -0.2) is 4.98 Å². The second kappa shape index (κ2) is 7.63. The molecule has 0 unspecified atom stereocenters. The zero-order valence-corrected chi connectivity index (χ0v) is 14.8. The molecule has 1 N–H and O–H groups in total. The molecule has 7 nitrogen and oxygen atoms in total. The third-order valence-corrected chi connectivity index (χ3v) is 4.82. The molecule has 0 bridgehead atoms. The number of hydrogen-bond donors (Lipinski definition) is 1. The van der Waals surface area contributed by atoms with Crippen LogP contribution in [0.5, 0.6) is 0 Å². The number of aromatic nitrogens is 4. The van der Waals surface area contributed by atoms with Crippen LogP contribution in [0, 0.1) is 5.92 Å². The second-order valence-electron chi connectivity index (χ2n) is 6.96. The van der Waals surface area contributed by atoms with Crippen LogP contribution >= 0.6 is 0 Å². The molecule has 1 saturated heterocycles. The molecule has 0 aromatic carbocycles. The topological polar surface area (TPSA) is 83.9 Å². The standard InChI is InChI=1S/C18H25N5O2/c1-13(2)16-19-12-15(17(24)21-16)18(25)22-9-4-14(5-10-22)6-11-23-8-3-7-20-23/h3,7-8,12-14H,4-6,9-11H2,1-2H3,(H,19,21,24). The van der Waals surface area contributed by atoms with Crippen molar-refractivity contribution in [1.82, 2.24) is 24.6 Å². The van der Waals surface area contributed by atoms with E-state index in [4.69, 9.17) is 0 Å². The maximum atomic E-state index is 12.6. The maximum Gasteiger partial charge on any atom is 0.263 e. The number of carbonyl (C=O) groups excluding carboxylic acids is 1. The van der Waals surface area contributed by atoms with Crippen molar-refractivity contribution in [3.63, 3.8) is 0 Å². The number of likely N-dealkylation sites (tertiary alicyclic amines) is 1. The van der Waals surface area contributed by atoms with E-state index < -0.39 is 0 Å². The Hall–Kier alpha value is -2.44. The highest BCUT2D eigenvalue weighted by Gasteiger charge is 2.25. The van der Waals surface area contributed by atoms with E-state index in [0.29, 0.717) is 24.8 Å². The molecule has 7 heteroatoms. The highest BCUT2D eigenvalue weighted by Crippen LogP contribution is 2.22. The molecule has 2 aromatic rings. The molecule has 0 radical (unpaired) electrons. The predicted octanol–water partition coefficient (Wildman–Crippen LogP) is 2.03. The van der Waals surface area contributed by atoms with Crippen LogP contribution in [0.2, 0.25) is 0 Å². The van der Waals surface area contributed by atoms with Crippen LogP contribution in [-0.2, 0) is 6.54 Å². The van der Waals surface area contributed by atoms with Crippen molar-refractivity contribution in [2.24, 2.45) is 5.92 Å². The molecule has 1 fully saturated rings. The Morgan fingerprint density at radius 2 is 2.12 bits per heavy atom. The number of nitrogens with one attached hydrogen (secondary N) is 1. The second-order valence-corrected chi connectivity index (χ2v) is 6.96. The van der Waals surface area contributed by atoms with Gasteiger partial charge in [0.05, 0.1) is 0 Å². The Balaban J connectivity index is 1.55. The van der Waals surface area contributed by atoms with Crippen molar-refractivity contribution >= 4 is 5.91 Å². The molecule has 1 amide bonds. The predicted molar refractivity (Wildman–Crippen MR) is 94.4 cm³/mol. The van der Waals surface area contributed by atoms with E-state index in [1.165, 1.54) is 6.20 Å². The summed E-state index contributed by atoms with van der Waals surface area (Å²) in [6.07, 6.45) is 8.16. The first-order valence-corrected chi connectivity index (χ1v) is 8.90. The minimum Gasteiger partial charge on any atom is -0.338 e. The van der Waals surface area contributed by atoms with Crippen molar-refractivity contribution in [3.8, 4) is 0 Å². The maximum absolute atomic E-state index is 12.6. The number of carbonyl (C=O) groups is 1. The van der Waals surface area contributed by atoms with Crippen molar-refractivity contribution in [3.05, 3.63) is 46.4 Å². The average Bonchev–Trinajstić information content (AvgIpc) is 3.13. The minimum atomic E-state index is -0.343. The molecule has 1 aliphatic heterocycles. The summed E-state index contributed by atoms with van der Waals surface area (Å²) in [5.74, 6) is 1.11. The molecule has 134 valence electrons. The number of hydrogen-bond acceptors (Lipinski definition) is 4. The van der Waals surface area contributed by atoms with Gasteiger partial charge in [-0.3, -0.25) is 14.3 Å². The third-order valence-electron chi connectivity index (χ3n) is 4.82. The molecule has 0 spiro atoms. The first-order valence-electron chi connectivity index (χ1n) is 8.90. The van der Waals surface area contributed by atoms with Gasteiger partial charge in [-0.05, 0) is 31.2 Å². The van der Waals surface area contributed by atoms with Crippen LogP contribution in [0.1, 0.15) is 55.2 Å². The van der Waals surface area contributed by atoms with Gasteiger partial charge in [-0.1, -0.05) is 13.8 Å². The number of H-pyrrole nitrogens is 1. The lowest BCUT2D eigenvalue weighted by atomic mass is 9.93. The Morgan fingerprint density at radius 1 is 1.36 bits per heavy atom. The van der Waals surface area contributed by atoms with Gasteiger partial charge < -0.3 is 9.88 Å². The molecular formula is C18H25N5O2. The van der Waals surface area contributed by atoms with Gasteiger partial charge >= 0.3 is 0 Å². The largest absolute Gasteiger partial charge is 0.338 e. The molecular weight excluding hydrogens is 318 g/mol. The van der Waals surface area contributed by atoms with Crippen LogP contribution < -0.4 is 5.56 Å².